The lowest BCUT2D eigenvalue weighted by molar-refractivity contribution is -0.0221. The Kier molecular flexibility index (Phi) is 4.40. The Hall–Kier alpha value is -0.980. The molecule has 0 amide bonds. The lowest BCUT2D eigenvalue weighted by Gasteiger charge is -2.19. The molecule has 1 atom stereocenters. The van der Waals surface area contributed by atoms with Crippen molar-refractivity contribution in [1.82, 2.24) is 10.1 Å². The van der Waals surface area contributed by atoms with Crippen molar-refractivity contribution in [2.75, 3.05) is 20.3 Å². The third kappa shape index (κ3) is 2.78. The normalized spacial score (nSPS) is 14.1. The van der Waals surface area contributed by atoms with Crippen LogP contribution in [0.4, 0.5) is 0 Å². The molecule has 1 aromatic rings. The summed E-state index contributed by atoms with van der Waals surface area (Å²) in [6, 6.07) is 0. The van der Waals surface area contributed by atoms with Gasteiger partial charge in [-0.05, 0) is 20.8 Å². The fourth-order valence-corrected chi connectivity index (χ4v) is 1.33. The van der Waals surface area contributed by atoms with Gasteiger partial charge in [-0.25, -0.2) is 0 Å². The van der Waals surface area contributed by atoms with Crippen molar-refractivity contribution in [3.05, 3.63) is 11.7 Å². The first-order valence-electron chi connectivity index (χ1n) is 5.26. The molecule has 1 aromatic heterocycles. The van der Waals surface area contributed by atoms with Crippen LogP contribution >= 0.6 is 0 Å². The summed E-state index contributed by atoms with van der Waals surface area (Å²) >= 11 is 0. The molecule has 0 aliphatic rings. The van der Waals surface area contributed by atoms with Crippen molar-refractivity contribution < 1.29 is 14.0 Å². The summed E-state index contributed by atoms with van der Waals surface area (Å²) in [6.45, 7) is 6.57. The minimum Gasteiger partial charge on any atom is -0.370 e. The molecule has 0 aromatic carbocycles. The molecule has 0 saturated heterocycles. The molecule has 0 spiro atoms. The Morgan fingerprint density at radius 1 is 1.50 bits per heavy atom. The maximum Gasteiger partial charge on any atom is 0.257 e. The minimum absolute atomic E-state index is 0.299. The molecule has 6 nitrogen and oxygen atoms in total. The van der Waals surface area contributed by atoms with Gasteiger partial charge in [-0.15, -0.1) is 0 Å². The average Bonchev–Trinajstić information content (AvgIpc) is 2.69. The van der Waals surface area contributed by atoms with Gasteiger partial charge in [-0.2, -0.15) is 4.98 Å². The molecule has 16 heavy (non-hydrogen) atoms. The van der Waals surface area contributed by atoms with E-state index >= 15 is 0 Å². The van der Waals surface area contributed by atoms with Gasteiger partial charge in [-0.1, -0.05) is 5.16 Å². The van der Waals surface area contributed by atoms with Gasteiger partial charge in [0.1, 0.15) is 11.7 Å². The third-order valence-corrected chi connectivity index (χ3v) is 2.26. The van der Waals surface area contributed by atoms with E-state index in [9.17, 15) is 0 Å². The summed E-state index contributed by atoms with van der Waals surface area (Å²) in [5.41, 5.74) is 4.94. The van der Waals surface area contributed by atoms with Crippen molar-refractivity contribution in [2.24, 2.45) is 5.73 Å². The topological polar surface area (TPSA) is 83.4 Å². The Balaban J connectivity index is 2.85. The quantitative estimate of drug-likeness (QED) is 0.783. The molecule has 6 heteroatoms. The maximum atomic E-state index is 5.52. The Labute approximate surface area is 95.1 Å². The maximum absolute atomic E-state index is 5.52. The van der Waals surface area contributed by atoms with Gasteiger partial charge < -0.3 is 19.7 Å². The van der Waals surface area contributed by atoms with E-state index < -0.39 is 5.60 Å². The molecule has 92 valence electrons. The molecule has 0 bridgehead atoms. The van der Waals surface area contributed by atoms with Crippen LogP contribution in [0.3, 0.4) is 0 Å². The second-order valence-corrected chi connectivity index (χ2v) is 3.86. The fraction of sp³-hybridized carbons (Fsp3) is 0.800. The minimum atomic E-state index is -0.566. The van der Waals surface area contributed by atoms with Crippen LogP contribution in [0.15, 0.2) is 4.52 Å². The number of nitrogens with zero attached hydrogens (tertiary/aromatic N) is 2. The summed E-state index contributed by atoms with van der Waals surface area (Å²) < 4.78 is 15.7. The number of nitrogens with two attached hydrogens (primary N) is 1. The van der Waals surface area contributed by atoms with Crippen LogP contribution in [-0.4, -0.2) is 30.4 Å². The van der Waals surface area contributed by atoms with E-state index in [-0.39, 0.29) is 6.10 Å². The van der Waals surface area contributed by atoms with Crippen LogP contribution in [0, 0.1) is 0 Å². The van der Waals surface area contributed by atoms with Gasteiger partial charge in [0, 0.05) is 20.3 Å². The number of hydrogen-bond acceptors (Lipinski definition) is 6. The van der Waals surface area contributed by atoms with Crippen LogP contribution in [0.2, 0.25) is 0 Å². The molecule has 1 unspecified atom stereocenters. The van der Waals surface area contributed by atoms with Crippen LogP contribution in [0.5, 0.6) is 0 Å². The van der Waals surface area contributed by atoms with E-state index in [1.807, 2.05) is 20.8 Å². The van der Waals surface area contributed by atoms with E-state index in [4.69, 9.17) is 19.7 Å². The van der Waals surface area contributed by atoms with Crippen molar-refractivity contribution in [3.8, 4) is 0 Å². The first-order chi connectivity index (χ1) is 7.55. The van der Waals surface area contributed by atoms with Crippen molar-refractivity contribution in [3.63, 3.8) is 0 Å². The van der Waals surface area contributed by atoms with Gasteiger partial charge in [-0.3, -0.25) is 0 Å². The first kappa shape index (κ1) is 13.1. The van der Waals surface area contributed by atoms with Gasteiger partial charge in [0.05, 0.1) is 0 Å². The smallest absolute Gasteiger partial charge is 0.257 e. The molecule has 0 aliphatic heterocycles. The van der Waals surface area contributed by atoms with E-state index in [2.05, 4.69) is 10.1 Å². The molecule has 0 fully saturated rings. The number of aromatic nitrogens is 2. The highest BCUT2D eigenvalue weighted by atomic mass is 16.5. The van der Waals surface area contributed by atoms with Crippen LogP contribution in [0.1, 0.15) is 38.6 Å². The van der Waals surface area contributed by atoms with Crippen molar-refractivity contribution in [2.45, 2.75) is 32.5 Å². The summed E-state index contributed by atoms with van der Waals surface area (Å²) in [4.78, 5) is 4.23. The lowest BCUT2D eigenvalue weighted by atomic mass is 10.1. The molecule has 0 aliphatic carbocycles. The van der Waals surface area contributed by atoms with Gasteiger partial charge in [0.2, 0.25) is 5.82 Å². The van der Waals surface area contributed by atoms with Crippen LogP contribution in [-0.2, 0) is 15.1 Å². The van der Waals surface area contributed by atoms with Gasteiger partial charge >= 0.3 is 0 Å². The summed E-state index contributed by atoms with van der Waals surface area (Å²) in [7, 11) is 1.55. The average molecular weight is 229 g/mol. The third-order valence-electron chi connectivity index (χ3n) is 2.26. The van der Waals surface area contributed by atoms with Crippen molar-refractivity contribution >= 4 is 0 Å². The molecule has 0 radical (unpaired) electrons. The first-order valence-corrected chi connectivity index (χ1v) is 5.26. The number of methoxy groups -OCH3 is 1. The van der Waals surface area contributed by atoms with E-state index in [1.54, 1.807) is 7.11 Å². The molecule has 1 heterocycles. The molecular weight excluding hydrogens is 210 g/mol. The summed E-state index contributed by atoms with van der Waals surface area (Å²) in [5.74, 6) is 0.882. The highest BCUT2D eigenvalue weighted by molar-refractivity contribution is 4.99. The SMILES string of the molecule is CCOC(C)(C)c1noc(C(CN)OC)n1. The van der Waals surface area contributed by atoms with Gasteiger partial charge in [0.15, 0.2) is 0 Å². The van der Waals surface area contributed by atoms with E-state index in [1.165, 1.54) is 0 Å². The zero-order valence-corrected chi connectivity index (χ0v) is 10.2. The Morgan fingerprint density at radius 2 is 2.19 bits per heavy atom. The largest absolute Gasteiger partial charge is 0.370 e. The fourth-order valence-electron chi connectivity index (χ4n) is 1.33. The Morgan fingerprint density at radius 3 is 2.69 bits per heavy atom. The zero-order valence-electron chi connectivity index (χ0n) is 10.2. The predicted molar refractivity (Wildman–Crippen MR) is 57.8 cm³/mol. The van der Waals surface area contributed by atoms with Crippen LogP contribution in [0.25, 0.3) is 0 Å². The molecule has 1 rings (SSSR count). The number of ether oxygens (including phenoxy) is 2. The highest BCUT2D eigenvalue weighted by Gasteiger charge is 2.28. The summed E-state index contributed by atoms with van der Waals surface area (Å²) in [6.07, 6.45) is -0.362. The predicted octanol–water partition coefficient (Wildman–Crippen LogP) is 0.987. The lowest BCUT2D eigenvalue weighted by Crippen LogP contribution is -2.23. The standard InChI is InChI=1S/C10H19N3O3/c1-5-15-10(2,3)9-12-8(16-13-9)7(6-11)14-4/h7H,5-6,11H2,1-4H3. The zero-order chi connectivity index (χ0) is 12.2. The number of rotatable bonds is 6. The van der Waals surface area contributed by atoms with Crippen LogP contribution < -0.4 is 5.73 Å². The Bertz CT molecular complexity index is 321. The highest BCUT2D eigenvalue weighted by Crippen LogP contribution is 2.23. The molecular formula is C10H19N3O3. The second-order valence-electron chi connectivity index (χ2n) is 3.86. The summed E-state index contributed by atoms with van der Waals surface area (Å²) in [5, 5.41) is 3.88. The number of hydrogen-bond donors (Lipinski definition) is 1. The molecule has 2 N–H and O–H groups in total. The van der Waals surface area contributed by atoms with E-state index in [0.717, 1.165) is 0 Å². The monoisotopic (exact) mass is 229 g/mol. The molecule has 0 saturated carbocycles. The van der Waals surface area contributed by atoms with E-state index in [0.29, 0.717) is 24.9 Å². The second kappa shape index (κ2) is 5.38. The van der Waals surface area contributed by atoms with Gasteiger partial charge in [0.25, 0.3) is 5.89 Å². The van der Waals surface area contributed by atoms with Crippen molar-refractivity contribution in [1.29, 1.82) is 0 Å².